The predicted molar refractivity (Wildman–Crippen MR) is 84.4 cm³/mol. The van der Waals surface area contributed by atoms with Crippen molar-refractivity contribution >= 4 is 17.9 Å². The molecule has 27 heavy (non-hydrogen) atoms. The van der Waals surface area contributed by atoms with Gasteiger partial charge < -0.3 is 10.1 Å². The van der Waals surface area contributed by atoms with E-state index in [0.29, 0.717) is 6.07 Å². The van der Waals surface area contributed by atoms with Crippen LogP contribution in [0.1, 0.15) is 24.0 Å². The molecule has 0 saturated carbocycles. The molecule has 0 aliphatic carbocycles. The fourth-order valence-corrected chi connectivity index (χ4v) is 2.43. The van der Waals surface area contributed by atoms with Crippen LogP contribution in [0.4, 0.5) is 32.0 Å². The van der Waals surface area contributed by atoms with Gasteiger partial charge in [0.1, 0.15) is 12.2 Å². The van der Waals surface area contributed by atoms with Crippen molar-refractivity contribution in [1.29, 1.82) is 0 Å². The second-order valence-corrected chi connectivity index (χ2v) is 5.78. The highest BCUT2D eigenvalue weighted by molar-refractivity contribution is 6.01. The van der Waals surface area contributed by atoms with E-state index in [4.69, 9.17) is 0 Å². The summed E-state index contributed by atoms with van der Waals surface area (Å²) in [7, 11) is 0. The number of halogens is 6. The van der Waals surface area contributed by atoms with Crippen LogP contribution in [0.15, 0.2) is 36.4 Å². The molecule has 0 radical (unpaired) electrons. The fraction of sp³-hybridized carbons (Fsp3) is 0.222. The largest absolute Gasteiger partial charge is 0.416 e. The second kappa shape index (κ2) is 7.81. The van der Waals surface area contributed by atoms with E-state index in [0.717, 1.165) is 30.3 Å². The summed E-state index contributed by atoms with van der Waals surface area (Å²) < 4.78 is 77.6. The molecule has 0 aliphatic rings. The second-order valence-electron chi connectivity index (χ2n) is 5.78. The molecule has 1 N–H and O–H groups in total. The molecule has 9 heteroatoms. The number of aldehydes is 1. The Bertz CT molecular complexity index is 848. The Morgan fingerprint density at radius 1 is 1.00 bits per heavy atom. The molecule has 0 bridgehead atoms. The SMILES string of the molecule is CC(c1ccc(C(F)(F)F)cc1)C(C=O)C(=O)Nc1ccc(F)c(F)c1F. The monoisotopic (exact) mass is 389 g/mol. The molecule has 2 aromatic rings. The van der Waals surface area contributed by atoms with Crippen molar-refractivity contribution in [3.05, 3.63) is 65.0 Å². The van der Waals surface area contributed by atoms with Crippen molar-refractivity contribution in [2.45, 2.75) is 19.0 Å². The minimum Gasteiger partial charge on any atom is -0.323 e. The maximum Gasteiger partial charge on any atom is 0.416 e. The van der Waals surface area contributed by atoms with Gasteiger partial charge in [-0.1, -0.05) is 19.1 Å². The summed E-state index contributed by atoms with van der Waals surface area (Å²) in [4.78, 5) is 23.5. The minimum absolute atomic E-state index is 0.245. The molecular weight excluding hydrogens is 376 g/mol. The molecule has 0 spiro atoms. The molecule has 2 aromatic carbocycles. The van der Waals surface area contributed by atoms with E-state index in [1.165, 1.54) is 6.92 Å². The quantitative estimate of drug-likeness (QED) is 0.349. The van der Waals surface area contributed by atoms with Crippen LogP contribution in [0.2, 0.25) is 0 Å². The molecule has 2 unspecified atom stereocenters. The Labute approximate surface area is 150 Å². The number of rotatable bonds is 5. The van der Waals surface area contributed by atoms with E-state index in [1.54, 1.807) is 0 Å². The number of carbonyl (C=O) groups is 2. The van der Waals surface area contributed by atoms with Gasteiger partial charge in [0.05, 0.1) is 11.3 Å². The Morgan fingerprint density at radius 2 is 1.59 bits per heavy atom. The summed E-state index contributed by atoms with van der Waals surface area (Å²) in [5.41, 5.74) is -1.29. The Hall–Kier alpha value is -2.84. The molecule has 2 rings (SSSR count). The summed E-state index contributed by atoms with van der Waals surface area (Å²) >= 11 is 0. The maximum absolute atomic E-state index is 13.6. The lowest BCUT2D eigenvalue weighted by Gasteiger charge is -2.19. The number of anilines is 1. The number of carbonyl (C=O) groups excluding carboxylic acids is 2. The summed E-state index contributed by atoms with van der Waals surface area (Å²) in [6, 6.07) is 5.24. The average Bonchev–Trinajstić information content (AvgIpc) is 2.62. The highest BCUT2D eigenvalue weighted by Crippen LogP contribution is 2.32. The molecule has 3 nitrogen and oxygen atoms in total. The van der Waals surface area contributed by atoms with Crippen LogP contribution in [0, 0.1) is 23.4 Å². The van der Waals surface area contributed by atoms with Crippen LogP contribution in [0.25, 0.3) is 0 Å². The van der Waals surface area contributed by atoms with Crippen molar-refractivity contribution in [2.24, 2.45) is 5.92 Å². The van der Waals surface area contributed by atoms with Crippen molar-refractivity contribution in [3.8, 4) is 0 Å². The fourth-order valence-electron chi connectivity index (χ4n) is 2.43. The lowest BCUT2D eigenvalue weighted by molar-refractivity contribution is -0.137. The molecule has 2 atom stereocenters. The topological polar surface area (TPSA) is 46.2 Å². The van der Waals surface area contributed by atoms with Crippen LogP contribution in [-0.2, 0) is 15.8 Å². The smallest absolute Gasteiger partial charge is 0.323 e. The molecule has 0 fully saturated rings. The van der Waals surface area contributed by atoms with Crippen molar-refractivity contribution in [1.82, 2.24) is 0 Å². The predicted octanol–water partition coefficient (Wildman–Crippen LogP) is 4.68. The van der Waals surface area contributed by atoms with Crippen molar-refractivity contribution < 1.29 is 35.9 Å². The van der Waals surface area contributed by atoms with Crippen LogP contribution < -0.4 is 5.32 Å². The van der Waals surface area contributed by atoms with Crippen LogP contribution in [-0.4, -0.2) is 12.2 Å². The van der Waals surface area contributed by atoms with Gasteiger partial charge in [-0.25, -0.2) is 13.2 Å². The normalized spacial score (nSPS) is 13.7. The minimum atomic E-state index is -4.53. The van der Waals surface area contributed by atoms with Gasteiger partial charge >= 0.3 is 6.18 Å². The highest BCUT2D eigenvalue weighted by atomic mass is 19.4. The molecule has 144 valence electrons. The number of alkyl halides is 3. The Balaban J connectivity index is 2.21. The average molecular weight is 389 g/mol. The molecule has 0 aromatic heterocycles. The first-order valence-electron chi connectivity index (χ1n) is 7.63. The van der Waals surface area contributed by atoms with Crippen molar-refractivity contribution in [2.75, 3.05) is 5.32 Å². The first-order valence-corrected chi connectivity index (χ1v) is 7.63. The zero-order chi connectivity index (χ0) is 20.4. The zero-order valence-corrected chi connectivity index (χ0v) is 13.8. The summed E-state index contributed by atoms with van der Waals surface area (Å²) in [6.45, 7) is 1.42. The van der Waals surface area contributed by atoms with E-state index >= 15 is 0 Å². The summed E-state index contributed by atoms with van der Waals surface area (Å²) in [5.74, 6) is -8.12. The Kier molecular flexibility index (Phi) is 5.92. The first-order chi connectivity index (χ1) is 12.6. The lowest BCUT2D eigenvalue weighted by Crippen LogP contribution is -2.29. The first kappa shape index (κ1) is 20.5. The number of benzene rings is 2. The standard InChI is InChI=1S/C18H13F6NO2/c1-9(10-2-4-11(5-3-10)18(22,23)24)12(8-26)17(27)25-14-7-6-13(19)15(20)16(14)21/h2-9,12H,1H3,(H,25,27). The Morgan fingerprint density at radius 3 is 2.11 bits per heavy atom. The number of amides is 1. The molecule has 0 aliphatic heterocycles. The third kappa shape index (κ3) is 4.47. The number of hydrogen-bond acceptors (Lipinski definition) is 2. The van der Waals surface area contributed by atoms with Crippen LogP contribution in [0.5, 0.6) is 0 Å². The molecule has 0 heterocycles. The van der Waals surface area contributed by atoms with E-state index in [1.807, 2.05) is 5.32 Å². The van der Waals surface area contributed by atoms with Gasteiger partial charge in [-0.15, -0.1) is 0 Å². The van der Waals surface area contributed by atoms with E-state index in [2.05, 4.69) is 0 Å². The van der Waals surface area contributed by atoms with Crippen LogP contribution in [0.3, 0.4) is 0 Å². The molecule has 0 saturated heterocycles. The summed E-state index contributed by atoms with van der Waals surface area (Å²) in [5, 5.41) is 1.98. The van der Waals surface area contributed by atoms with E-state index in [-0.39, 0.29) is 11.8 Å². The zero-order valence-electron chi connectivity index (χ0n) is 13.8. The van der Waals surface area contributed by atoms with E-state index < -0.39 is 52.6 Å². The van der Waals surface area contributed by atoms with Gasteiger partial charge in [-0.3, -0.25) is 4.79 Å². The van der Waals surface area contributed by atoms with E-state index in [9.17, 15) is 35.9 Å². The third-order valence-corrected chi connectivity index (χ3v) is 4.04. The number of hydrogen-bond donors (Lipinski definition) is 1. The lowest BCUT2D eigenvalue weighted by atomic mass is 9.87. The number of nitrogens with one attached hydrogen (secondary N) is 1. The van der Waals surface area contributed by atoms with Gasteiger partial charge in [0, 0.05) is 0 Å². The highest BCUT2D eigenvalue weighted by Gasteiger charge is 2.31. The van der Waals surface area contributed by atoms with Gasteiger partial charge in [0.15, 0.2) is 17.5 Å². The molecule has 1 amide bonds. The summed E-state index contributed by atoms with van der Waals surface area (Å²) in [6.07, 6.45) is -4.29. The maximum atomic E-state index is 13.6. The van der Waals surface area contributed by atoms with Gasteiger partial charge in [0.2, 0.25) is 5.91 Å². The molecular formula is C18H13F6NO2. The van der Waals surface area contributed by atoms with Gasteiger partial charge in [-0.05, 0) is 35.7 Å². The van der Waals surface area contributed by atoms with Crippen LogP contribution >= 0.6 is 0 Å². The van der Waals surface area contributed by atoms with Gasteiger partial charge in [0.25, 0.3) is 0 Å². The van der Waals surface area contributed by atoms with Crippen molar-refractivity contribution in [3.63, 3.8) is 0 Å². The third-order valence-electron chi connectivity index (χ3n) is 4.04. The van der Waals surface area contributed by atoms with Gasteiger partial charge in [-0.2, -0.15) is 13.2 Å².